The van der Waals surface area contributed by atoms with Crippen LogP contribution in [0.25, 0.3) is 5.57 Å². The molecule has 0 heterocycles. The highest BCUT2D eigenvalue weighted by Crippen LogP contribution is 2.33. The summed E-state index contributed by atoms with van der Waals surface area (Å²) < 4.78 is 13.2. The Morgan fingerprint density at radius 1 is 1.12 bits per heavy atom. The maximum Gasteiger partial charge on any atom is 0.123 e. The average Bonchev–Trinajstić information content (AvgIpc) is 2.18. The number of aryl methyl sites for hydroxylation is 1. The Hall–Kier alpha value is -1.11. The van der Waals surface area contributed by atoms with Crippen molar-refractivity contribution in [1.29, 1.82) is 0 Å². The predicted octanol–water partition coefficient (Wildman–Crippen LogP) is 4.97. The van der Waals surface area contributed by atoms with E-state index in [4.69, 9.17) is 0 Å². The molecule has 0 radical (unpaired) electrons. The molecule has 0 unspecified atom stereocenters. The molecule has 0 atom stereocenters. The lowest BCUT2D eigenvalue weighted by molar-refractivity contribution is 0.505. The number of hydrogen-bond donors (Lipinski definition) is 0. The average molecular weight is 220 g/mol. The van der Waals surface area contributed by atoms with Gasteiger partial charge in [-0.05, 0) is 55.0 Å². The predicted molar refractivity (Wildman–Crippen MR) is 68.9 cm³/mol. The maximum atomic E-state index is 13.2. The number of allylic oxidation sites excluding steroid dienone is 2. The van der Waals surface area contributed by atoms with E-state index in [9.17, 15) is 4.39 Å². The highest BCUT2D eigenvalue weighted by Gasteiger charge is 2.16. The quantitative estimate of drug-likeness (QED) is 0.626. The van der Waals surface area contributed by atoms with Crippen molar-refractivity contribution in [3.63, 3.8) is 0 Å². The summed E-state index contributed by atoms with van der Waals surface area (Å²) >= 11 is 0. The Morgan fingerprint density at radius 2 is 1.69 bits per heavy atom. The summed E-state index contributed by atoms with van der Waals surface area (Å²) in [4.78, 5) is 0. The first-order valence-corrected chi connectivity index (χ1v) is 5.68. The van der Waals surface area contributed by atoms with Gasteiger partial charge in [-0.1, -0.05) is 32.4 Å². The van der Waals surface area contributed by atoms with Crippen LogP contribution in [0.15, 0.2) is 23.8 Å². The van der Waals surface area contributed by atoms with E-state index in [0.29, 0.717) is 0 Å². The van der Waals surface area contributed by atoms with Gasteiger partial charge in [-0.25, -0.2) is 4.39 Å². The summed E-state index contributed by atoms with van der Waals surface area (Å²) in [5.74, 6) is -0.165. The summed E-state index contributed by atoms with van der Waals surface area (Å²) in [6.45, 7) is 12.8. The Morgan fingerprint density at radius 3 is 2.19 bits per heavy atom. The van der Waals surface area contributed by atoms with Gasteiger partial charge in [0.05, 0.1) is 0 Å². The fraction of sp³-hybridized carbons (Fsp3) is 0.467. The Balaban J connectivity index is 3.34. The van der Waals surface area contributed by atoms with E-state index in [1.807, 2.05) is 13.0 Å². The van der Waals surface area contributed by atoms with Crippen LogP contribution in [0.1, 0.15) is 45.7 Å². The normalized spacial score (nSPS) is 13.7. The minimum absolute atomic E-state index is 0.128. The second-order valence-electron chi connectivity index (χ2n) is 5.46. The minimum atomic E-state index is -0.165. The lowest BCUT2D eigenvalue weighted by Gasteiger charge is -2.23. The van der Waals surface area contributed by atoms with Gasteiger partial charge in [0.2, 0.25) is 0 Å². The molecule has 0 N–H and O–H groups in total. The van der Waals surface area contributed by atoms with Crippen LogP contribution in [0.4, 0.5) is 4.39 Å². The van der Waals surface area contributed by atoms with Crippen molar-refractivity contribution in [2.24, 2.45) is 5.41 Å². The number of halogens is 1. The van der Waals surface area contributed by atoms with E-state index >= 15 is 0 Å². The lowest BCUT2D eigenvalue weighted by Crippen LogP contribution is -2.08. The highest BCUT2D eigenvalue weighted by molar-refractivity contribution is 5.69. The fourth-order valence-electron chi connectivity index (χ4n) is 1.76. The third kappa shape index (κ3) is 2.72. The molecule has 1 aromatic carbocycles. The Bertz CT molecular complexity index is 420. The third-order valence-electron chi connectivity index (χ3n) is 3.29. The number of benzene rings is 1. The summed E-state index contributed by atoms with van der Waals surface area (Å²) in [6.07, 6.45) is 0. The molecule has 0 aromatic heterocycles. The molecule has 0 spiro atoms. The maximum absolute atomic E-state index is 13.2. The van der Waals surface area contributed by atoms with Crippen LogP contribution >= 0.6 is 0 Å². The summed E-state index contributed by atoms with van der Waals surface area (Å²) in [6, 6.07) is 4.97. The van der Waals surface area contributed by atoms with Gasteiger partial charge in [0, 0.05) is 0 Å². The van der Waals surface area contributed by atoms with E-state index in [2.05, 4.69) is 34.6 Å². The smallest absolute Gasteiger partial charge is 0.123 e. The molecule has 1 aromatic rings. The fourth-order valence-corrected chi connectivity index (χ4v) is 1.76. The zero-order valence-electron chi connectivity index (χ0n) is 11.1. The first-order valence-electron chi connectivity index (χ1n) is 5.68. The molecule has 0 nitrogen and oxygen atoms in total. The molecular formula is C15H21F. The summed E-state index contributed by atoms with van der Waals surface area (Å²) in [5, 5.41) is 0. The molecule has 0 fully saturated rings. The van der Waals surface area contributed by atoms with E-state index < -0.39 is 0 Å². The molecule has 0 amide bonds. The van der Waals surface area contributed by atoms with Crippen LogP contribution in [-0.2, 0) is 0 Å². The molecule has 88 valence electrons. The van der Waals surface area contributed by atoms with Gasteiger partial charge in [0.15, 0.2) is 0 Å². The first-order chi connectivity index (χ1) is 7.23. The first kappa shape index (κ1) is 13.0. The van der Waals surface area contributed by atoms with Crippen molar-refractivity contribution in [2.75, 3.05) is 0 Å². The Kier molecular flexibility index (Phi) is 3.57. The van der Waals surface area contributed by atoms with Gasteiger partial charge in [-0.2, -0.15) is 0 Å². The van der Waals surface area contributed by atoms with Gasteiger partial charge >= 0.3 is 0 Å². The molecule has 1 heteroatoms. The van der Waals surface area contributed by atoms with Crippen LogP contribution in [-0.4, -0.2) is 0 Å². The Labute approximate surface area is 98.2 Å². The second kappa shape index (κ2) is 4.40. The van der Waals surface area contributed by atoms with Crippen molar-refractivity contribution >= 4 is 5.57 Å². The zero-order chi connectivity index (χ0) is 12.5. The molecule has 0 bridgehead atoms. The third-order valence-corrected chi connectivity index (χ3v) is 3.29. The SMILES string of the molecule is C/C(=C(/C)C(C)(C)C)c1cc(F)ccc1C. The van der Waals surface area contributed by atoms with Gasteiger partial charge in [-0.15, -0.1) is 0 Å². The van der Waals surface area contributed by atoms with Gasteiger partial charge in [0.1, 0.15) is 5.82 Å². The lowest BCUT2D eigenvalue weighted by atomic mass is 9.82. The molecule has 1 rings (SSSR count). The zero-order valence-corrected chi connectivity index (χ0v) is 11.1. The van der Waals surface area contributed by atoms with Crippen LogP contribution < -0.4 is 0 Å². The molecule has 0 aliphatic carbocycles. The van der Waals surface area contributed by atoms with Crippen molar-refractivity contribution in [3.05, 3.63) is 40.7 Å². The second-order valence-corrected chi connectivity index (χ2v) is 5.46. The molecular weight excluding hydrogens is 199 g/mol. The largest absolute Gasteiger partial charge is 0.207 e. The number of rotatable bonds is 1. The summed E-state index contributed by atoms with van der Waals surface area (Å²) in [7, 11) is 0. The van der Waals surface area contributed by atoms with Crippen molar-refractivity contribution in [2.45, 2.75) is 41.5 Å². The highest BCUT2D eigenvalue weighted by atomic mass is 19.1. The van der Waals surface area contributed by atoms with Crippen LogP contribution in [0.2, 0.25) is 0 Å². The van der Waals surface area contributed by atoms with Gasteiger partial charge in [0.25, 0.3) is 0 Å². The van der Waals surface area contributed by atoms with Crippen LogP contribution in [0.3, 0.4) is 0 Å². The van der Waals surface area contributed by atoms with Gasteiger partial charge < -0.3 is 0 Å². The standard InChI is InChI=1S/C15H21F/c1-10-7-8-13(16)9-14(10)11(2)12(3)15(4,5)6/h7-9H,1-6H3/b12-11+. The van der Waals surface area contributed by atoms with E-state index in [1.54, 1.807) is 6.07 Å². The summed E-state index contributed by atoms with van der Waals surface area (Å²) in [5.41, 5.74) is 4.77. The molecule has 0 saturated heterocycles. The van der Waals surface area contributed by atoms with Crippen LogP contribution in [0.5, 0.6) is 0 Å². The molecule has 0 aliphatic heterocycles. The van der Waals surface area contributed by atoms with Gasteiger partial charge in [-0.3, -0.25) is 0 Å². The van der Waals surface area contributed by atoms with Crippen molar-refractivity contribution in [1.82, 2.24) is 0 Å². The van der Waals surface area contributed by atoms with E-state index in [0.717, 1.165) is 11.1 Å². The van der Waals surface area contributed by atoms with E-state index in [1.165, 1.54) is 17.2 Å². The molecule has 0 aliphatic rings. The monoisotopic (exact) mass is 220 g/mol. The minimum Gasteiger partial charge on any atom is -0.207 e. The van der Waals surface area contributed by atoms with Crippen LogP contribution in [0, 0.1) is 18.2 Å². The van der Waals surface area contributed by atoms with E-state index in [-0.39, 0.29) is 11.2 Å². The number of hydrogen-bond acceptors (Lipinski definition) is 0. The van der Waals surface area contributed by atoms with Crippen molar-refractivity contribution in [3.8, 4) is 0 Å². The van der Waals surface area contributed by atoms with Crippen molar-refractivity contribution < 1.29 is 4.39 Å². The topological polar surface area (TPSA) is 0 Å². The molecule has 0 saturated carbocycles. The molecule has 16 heavy (non-hydrogen) atoms.